The molecule has 3 heterocycles. The molecule has 0 aliphatic carbocycles. The number of amides is 1. The molecule has 1 unspecified atom stereocenters. The van der Waals surface area contributed by atoms with E-state index in [0.717, 1.165) is 22.3 Å². The van der Waals surface area contributed by atoms with Crippen molar-refractivity contribution in [1.29, 1.82) is 0 Å². The SMILES string of the molecule is Cc1cccc(-c2cc(C(=O)N3Cc4ccccc4C(c4cnn(C)c4)C3)no2)c1. The fourth-order valence-corrected chi connectivity index (χ4v) is 4.14. The average Bonchev–Trinajstić information content (AvgIpc) is 3.42. The van der Waals surface area contributed by atoms with Gasteiger partial charge in [0.1, 0.15) is 0 Å². The number of fused-ring (bicyclic) bond motifs is 1. The molecule has 1 amide bonds. The molecular weight excluding hydrogens is 376 g/mol. The van der Waals surface area contributed by atoms with Crippen LogP contribution in [0.2, 0.25) is 0 Å². The number of carbonyl (C=O) groups is 1. The number of aromatic nitrogens is 3. The second kappa shape index (κ2) is 7.30. The number of carbonyl (C=O) groups excluding carboxylic acids is 1. The molecule has 0 saturated heterocycles. The normalized spacial score (nSPS) is 15.8. The molecule has 30 heavy (non-hydrogen) atoms. The summed E-state index contributed by atoms with van der Waals surface area (Å²) in [7, 11) is 1.91. The summed E-state index contributed by atoms with van der Waals surface area (Å²) in [4.78, 5) is 15.1. The van der Waals surface area contributed by atoms with Gasteiger partial charge in [0.2, 0.25) is 0 Å². The zero-order valence-corrected chi connectivity index (χ0v) is 16.9. The van der Waals surface area contributed by atoms with Crippen molar-refractivity contribution in [1.82, 2.24) is 19.8 Å². The van der Waals surface area contributed by atoms with Crippen LogP contribution in [0.15, 0.2) is 71.5 Å². The number of rotatable bonds is 3. The predicted molar refractivity (Wildman–Crippen MR) is 113 cm³/mol. The van der Waals surface area contributed by atoms with E-state index in [2.05, 4.69) is 22.4 Å². The molecular formula is C24H22N4O2. The first-order valence-corrected chi connectivity index (χ1v) is 9.98. The third-order valence-electron chi connectivity index (χ3n) is 5.64. The van der Waals surface area contributed by atoms with Gasteiger partial charge in [-0.2, -0.15) is 5.10 Å². The van der Waals surface area contributed by atoms with Crippen LogP contribution < -0.4 is 0 Å². The summed E-state index contributed by atoms with van der Waals surface area (Å²) >= 11 is 0. The predicted octanol–water partition coefficient (Wildman–Crippen LogP) is 4.17. The molecule has 1 atom stereocenters. The summed E-state index contributed by atoms with van der Waals surface area (Å²) in [5.74, 6) is 0.556. The number of aryl methyl sites for hydroxylation is 2. The molecule has 2 aromatic heterocycles. The van der Waals surface area contributed by atoms with Crippen LogP contribution in [0.25, 0.3) is 11.3 Å². The lowest BCUT2D eigenvalue weighted by atomic mass is 9.86. The minimum absolute atomic E-state index is 0.0794. The number of hydrogen-bond acceptors (Lipinski definition) is 4. The summed E-state index contributed by atoms with van der Waals surface area (Å²) in [5.41, 5.74) is 5.87. The van der Waals surface area contributed by atoms with Crippen molar-refractivity contribution in [3.05, 3.63) is 94.9 Å². The molecule has 5 rings (SSSR count). The Kier molecular flexibility index (Phi) is 4.47. The molecule has 0 bridgehead atoms. The quantitative estimate of drug-likeness (QED) is 0.520. The van der Waals surface area contributed by atoms with Gasteiger partial charge in [-0.05, 0) is 29.7 Å². The highest BCUT2D eigenvalue weighted by molar-refractivity contribution is 5.93. The average molecular weight is 398 g/mol. The number of benzene rings is 2. The second-order valence-corrected chi connectivity index (χ2v) is 7.83. The molecule has 0 N–H and O–H groups in total. The molecule has 6 nitrogen and oxygen atoms in total. The number of hydrogen-bond donors (Lipinski definition) is 0. The van der Waals surface area contributed by atoms with Crippen molar-refractivity contribution < 1.29 is 9.32 Å². The lowest BCUT2D eigenvalue weighted by Gasteiger charge is -2.34. The van der Waals surface area contributed by atoms with Crippen LogP contribution >= 0.6 is 0 Å². The first-order chi connectivity index (χ1) is 14.6. The molecule has 2 aromatic carbocycles. The van der Waals surface area contributed by atoms with Gasteiger partial charge < -0.3 is 9.42 Å². The van der Waals surface area contributed by atoms with E-state index in [1.807, 2.05) is 67.7 Å². The molecule has 150 valence electrons. The van der Waals surface area contributed by atoms with E-state index in [1.165, 1.54) is 5.56 Å². The minimum atomic E-state index is -0.124. The first-order valence-electron chi connectivity index (χ1n) is 9.98. The Morgan fingerprint density at radius 3 is 2.80 bits per heavy atom. The van der Waals surface area contributed by atoms with E-state index in [1.54, 1.807) is 10.7 Å². The maximum atomic E-state index is 13.3. The summed E-state index contributed by atoms with van der Waals surface area (Å²) in [6.45, 7) is 3.16. The molecule has 0 fully saturated rings. The zero-order valence-electron chi connectivity index (χ0n) is 16.9. The lowest BCUT2D eigenvalue weighted by Crippen LogP contribution is -2.38. The Bertz CT molecular complexity index is 1220. The van der Waals surface area contributed by atoms with Gasteiger partial charge in [-0.3, -0.25) is 9.48 Å². The van der Waals surface area contributed by atoms with Crippen LogP contribution in [-0.2, 0) is 13.6 Å². The Morgan fingerprint density at radius 2 is 2.00 bits per heavy atom. The Balaban J connectivity index is 1.45. The molecule has 0 saturated carbocycles. The van der Waals surface area contributed by atoms with Gasteiger partial charge in [0, 0.05) is 43.9 Å². The van der Waals surface area contributed by atoms with Crippen LogP contribution in [0.4, 0.5) is 0 Å². The standard InChI is InChI=1S/C24H22N4O2/c1-16-6-5-8-17(10-16)23-11-22(26-30-23)24(29)28-14-18-7-3-4-9-20(18)21(15-28)19-12-25-27(2)13-19/h3-13,21H,14-15H2,1-2H3. The van der Waals surface area contributed by atoms with Gasteiger partial charge >= 0.3 is 0 Å². The molecule has 6 heteroatoms. The number of nitrogens with zero attached hydrogens (tertiary/aromatic N) is 4. The minimum Gasteiger partial charge on any atom is -0.355 e. The van der Waals surface area contributed by atoms with Crippen molar-refractivity contribution in [2.75, 3.05) is 6.54 Å². The maximum Gasteiger partial charge on any atom is 0.276 e. The monoisotopic (exact) mass is 398 g/mol. The second-order valence-electron chi connectivity index (χ2n) is 7.83. The van der Waals surface area contributed by atoms with Crippen molar-refractivity contribution in [3.8, 4) is 11.3 Å². The first kappa shape index (κ1) is 18.4. The highest BCUT2D eigenvalue weighted by atomic mass is 16.5. The molecule has 4 aromatic rings. The fourth-order valence-electron chi connectivity index (χ4n) is 4.14. The van der Waals surface area contributed by atoms with Crippen molar-refractivity contribution in [3.63, 3.8) is 0 Å². The van der Waals surface area contributed by atoms with E-state index < -0.39 is 0 Å². The van der Waals surface area contributed by atoms with Crippen LogP contribution in [-0.4, -0.2) is 32.3 Å². The van der Waals surface area contributed by atoms with Crippen LogP contribution in [0.5, 0.6) is 0 Å². The zero-order chi connectivity index (χ0) is 20.7. The molecule has 1 aliphatic heterocycles. The van der Waals surface area contributed by atoms with E-state index in [-0.39, 0.29) is 11.8 Å². The Morgan fingerprint density at radius 1 is 1.13 bits per heavy atom. The van der Waals surface area contributed by atoms with Crippen LogP contribution in [0.3, 0.4) is 0 Å². The summed E-state index contributed by atoms with van der Waals surface area (Å²) in [5, 5.41) is 8.40. The van der Waals surface area contributed by atoms with Crippen molar-refractivity contribution in [2.24, 2.45) is 7.05 Å². The van der Waals surface area contributed by atoms with Gasteiger partial charge in [-0.15, -0.1) is 0 Å². The summed E-state index contributed by atoms with van der Waals surface area (Å²) < 4.78 is 7.29. The smallest absolute Gasteiger partial charge is 0.276 e. The largest absolute Gasteiger partial charge is 0.355 e. The Hall–Kier alpha value is -3.67. The van der Waals surface area contributed by atoms with E-state index in [0.29, 0.717) is 24.5 Å². The fraction of sp³-hybridized carbons (Fsp3) is 0.208. The summed E-state index contributed by atoms with van der Waals surface area (Å²) in [6, 6.07) is 18.0. The highest BCUT2D eigenvalue weighted by Gasteiger charge is 2.31. The highest BCUT2D eigenvalue weighted by Crippen LogP contribution is 2.34. The summed E-state index contributed by atoms with van der Waals surface area (Å²) in [6.07, 6.45) is 3.89. The molecule has 0 radical (unpaired) electrons. The molecule has 1 aliphatic rings. The van der Waals surface area contributed by atoms with E-state index >= 15 is 0 Å². The molecule has 0 spiro atoms. The topological polar surface area (TPSA) is 64.2 Å². The van der Waals surface area contributed by atoms with Gasteiger partial charge in [-0.1, -0.05) is 53.2 Å². The van der Waals surface area contributed by atoms with Crippen LogP contribution in [0, 0.1) is 6.92 Å². The third-order valence-corrected chi connectivity index (χ3v) is 5.64. The van der Waals surface area contributed by atoms with Crippen molar-refractivity contribution in [2.45, 2.75) is 19.4 Å². The van der Waals surface area contributed by atoms with Gasteiger partial charge in [0.15, 0.2) is 11.5 Å². The third kappa shape index (κ3) is 3.30. The Labute approximate surface area is 174 Å². The van der Waals surface area contributed by atoms with E-state index in [9.17, 15) is 4.79 Å². The van der Waals surface area contributed by atoms with Gasteiger partial charge in [0.05, 0.1) is 6.20 Å². The van der Waals surface area contributed by atoms with Gasteiger partial charge in [0.25, 0.3) is 5.91 Å². The lowest BCUT2D eigenvalue weighted by molar-refractivity contribution is 0.0714. The van der Waals surface area contributed by atoms with Crippen LogP contribution in [0.1, 0.15) is 38.7 Å². The van der Waals surface area contributed by atoms with Crippen molar-refractivity contribution >= 4 is 5.91 Å². The maximum absolute atomic E-state index is 13.3. The van der Waals surface area contributed by atoms with E-state index in [4.69, 9.17) is 4.52 Å². The van der Waals surface area contributed by atoms with Gasteiger partial charge in [-0.25, -0.2) is 0 Å².